The maximum absolute atomic E-state index is 5.82. The molecular weight excluding hydrogens is 304 g/mol. The van der Waals surface area contributed by atoms with Gasteiger partial charge in [-0.05, 0) is 29.8 Å². The average Bonchev–Trinajstić information content (AvgIpc) is 2.42. The van der Waals surface area contributed by atoms with Crippen LogP contribution in [-0.2, 0) is 6.54 Å². The van der Waals surface area contributed by atoms with E-state index in [1.807, 2.05) is 37.4 Å². The van der Waals surface area contributed by atoms with Crippen molar-refractivity contribution in [3.63, 3.8) is 0 Å². The van der Waals surface area contributed by atoms with Crippen molar-refractivity contribution in [1.29, 1.82) is 0 Å². The van der Waals surface area contributed by atoms with Crippen molar-refractivity contribution in [2.45, 2.75) is 6.54 Å². The lowest BCUT2D eigenvalue weighted by atomic mass is 10.2. The molecule has 4 heteroatoms. The molecule has 0 aliphatic rings. The van der Waals surface area contributed by atoms with Crippen LogP contribution >= 0.6 is 15.9 Å². The van der Waals surface area contributed by atoms with Crippen molar-refractivity contribution in [3.05, 3.63) is 52.5 Å². The Morgan fingerprint density at radius 1 is 1.16 bits per heavy atom. The first kappa shape index (κ1) is 13.7. The van der Waals surface area contributed by atoms with E-state index in [1.54, 1.807) is 7.11 Å². The van der Waals surface area contributed by atoms with E-state index in [0.29, 0.717) is 11.4 Å². The van der Waals surface area contributed by atoms with Gasteiger partial charge in [0.25, 0.3) is 0 Å². The lowest BCUT2D eigenvalue weighted by Crippen LogP contribution is -2.16. The van der Waals surface area contributed by atoms with Crippen molar-refractivity contribution in [2.24, 2.45) is 0 Å². The fraction of sp³-hybridized carbons (Fsp3) is 0.200. The number of nitrogen functional groups attached to an aromatic ring is 1. The second kappa shape index (κ2) is 5.97. The van der Waals surface area contributed by atoms with Gasteiger partial charge < -0.3 is 15.4 Å². The molecule has 0 heterocycles. The van der Waals surface area contributed by atoms with E-state index < -0.39 is 0 Å². The predicted octanol–water partition coefficient (Wildman–Crippen LogP) is 3.68. The standard InChI is InChI=1S/C15H17BrN2O/c1-18(10-11-3-5-12(16)6-4-11)13-7-8-14(17)15(9-13)19-2/h3-9H,10,17H2,1-2H3. The second-order valence-corrected chi connectivity index (χ2v) is 5.32. The zero-order valence-corrected chi connectivity index (χ0v) is 12.6. The minimum absolute atomic E-state index is 0.656. The molecule has 0 radical (unpaired) electrons. The van der Waals surface area contributed by atoms with Crippen molar-refractivity contribution >= 4 is 27.3 Å². The summed E-state index contributed by atoms with van der Waals surface area (Å²) in [6.45, 7) is 0.834. The number of benzene rings is 2. The first-order chi connectivity index (χ1) is 9.10. The predicted molar refractivity (Wildman–Crippen MR) is 83.7 cm³/mol. The largest absolute Gasteiger partial charge is 0.495 e. The number of ether oxygens (including phenoxy) is 1. The van der Waals surface area contributed by atoms with Crippen molar-refractivity contribution in [1.82, 2.24) is 0 Å². The molecule has 0 atom stereocenters. The summed E-state index contributed by atoms with van der Waals surface area (Å²) in [5.74, 6) is 0.708. The third kappa shape index (κ3) is 3.41. The Bertz CT molecular complexity index is 555. The van der Waals surface area contributed by atoms with Gasteiger partial charge in [-0.25, -0.2) is 0 Å². The third-order valence-corrected chi connectivity index (χ3v) is 3.52. The lowest BCUT2D eigenvalue weighted by molar-refractivity contribution is 0.417. The number of rotatable bonds is 4. The zero-order valence-electron chi connectivity index (χ0n) is 11.1. The molecule has 19 heavy (non-hydrogen) atoms. The summed E-state index contributed by atoms with van der Waals surface area (Å²) < 4.78 is 6.33. The lowest BCUT2D eigenvalue weighted by Gasteiger charge is -2.20. The fourth-order valence-corrected chi connectivity index (χ4v) is 2.16. The van der Waals surface area contributed by atoms with E-state index in [-0.39, 0.29) is 0 Å². The molecule has 2 N–H and O–H groups in total. The summed E-state index contributed by atoms with van der Waals surface area (Å²) in [7, 11) is 3.68. The van der Waals surface area contributed by atoms with Crippen LogP contribution in [0, 0.1) is 0 Å². The van der Waals surface area contributed by atoms with Gasteiger partial charge in [-0.1, -0.05) is 28.1 Å². The summed E-state index contributed by atoms with van der Waals surface area (Å²) in [6, 6.07) is 14.1. The van der Waals surface area contributed by atoms with Crippen LogP contribution in [0.3, 0.4) is 0 Å². The van der Waals surface area contributed by atoms with Crippen LogP contribution in [0.2, 0.25) is 0 Å². The smallest absolute Gasteiger partial charge is 0.143 e. The highest BCUT2D eigenvalue weighted by Crippen LogP contribution is 2.27. The molecule has 0 fully saturated rings. The molecule has 3 nitrogen and oxygen atoms in total. The van der Waals surface area contributed by atoms with Gasteiger partial charge in [-0.2, -0.15) is 0 Å². The second-order valence-electron chi connectivity index (χ2n) is 4.41. The van der Waals surface area contributed by atoms with Gasteiger partial charge in [0.05, 0.1) is 12.8 Å². The first-order valence-electron chi connectivity index (χ1n) is 5.99. The Morgan fingerprint density at radius 2 is 1.84 bits per heavy atom. The molecule has 0 aliphatic carbocycles. The summed E-state index contributed by atoms with van der Waals surface area (Å²) in [5.41, 5.74) is 8.81. The number of anilines is 2. The van der Waals surface area contributed by atoms with Crippen LogP contribution in [0.15, 0.2) is 46.9 Å². The van der Waals surface area contributed by atoms with Crippen molar-refractivity contribution < 1.29 is 4.74 Å². The average molecular weight is 321 g/mol. The Morgan fingerprint density at radius 3 is 2.47 bits per heavy atom. The number of hydrogen-bond donors (Lipinski definition) is 1. The summed E-state index contributed by atoms with van der Waals surface area (Å²) in [4.78, 5) is 2.16. The van der Waals surface area contributed by atoms with Crippen molar-refractivity contribution in [2.75, 3.05) is 24.8 Å². The topological polar surface area (TPSA) is 38.5 Å². The van der Waals surface area contributed by atoms with E-state index in [2.05, 4.69) is 33.0 Å². The monoisotopic (exact) mass is 320 g/mol. The highest BCUT2D eigenvalue weighted by molar-refractivity contribution is 9.10. The summed E-state index contributed by atoms with van der Waals surface area (Å²) >= 11 is 3.44. The van der Waals surface area contributed by atoms with E-state index >= 15 is 0 Å². The van der Waals surface area contributed by atoms with Gasteiger partial charge >= 0.3 is 0 Å². The van der Waals surface area contributed by atoms with E-state index in [4.69, 9.17) is 10.5 Å². The molecule has 0 aromatic heterocycles. The normalized spacial score (nSPS) is 10.3. The van der Waals surface area contributed by atoms with Crippen LogP contribution in [0.25, 0.3) is 0 Å². The zero-order chi connectivity index (χ0) is 13.8. The van der Waals surface area contributed by atoms with Crippen LogP contribution < -0.4 is 15.4 Å². The number of halogens is 1. The minimum atomic E-state index is 0.656. The van der Waals surface area contributed by atoms with E-state index in [0.717, 1.165) is 16.7 Å². The number of hydrogen-bond acceptors (Lipinski definition) is 3. The Hall–Kier alpha value is -1.68. The number of methoxy groups -OCH3 is 1. The molecule has 0 saturated heterocycles. The molecule has 2 aromatic carbocycles. The Balaban J connectivity index is 2.15. The molecule has 0 aliphatic heterocycles. The van der Waals surface area contributed by atoms with Crippen molar-refractivity contribution in [3.8, 4) is 5.75 Å². The quantitative estimate of drug-likeness (QED) is 0.873. The molecule has 0 amide bonds. The molecule has 2 aromatic rings. The summed E-state index contributed by atoms with van der Waals surface area (Å²) in [5, 5.41) is 0. The van der Waals surface area contributed by atoms with E-state index in [1.165, 1.54) is 5.56 Å². The van der Waals surface area contributed by atoms with Gasteiger partial charge in [0.1, 0.15) is 5.75 Å². The SMILES string of the molecule is COc1cc(N(C)Cc2ccc(Br)cc2)ccc1N. The molecule has 2 rings (SSSR count). The molecule has 0 saturated carbocycles. The highest BCUT2D eigenvalue weighted by atomic mass is 79.9. The van der Waals surface area contributed by atoms with Crippen LogP contribution in [0.5, 0.6) is 5.75 Å². The molecule has 0 spiro atoms. The Labute approximate surface area is 122 Å². The number of nitrogens with zero attached hydrogens (tertiary/aromatic N) is 1. The maximum Gasteiger partial charge on any atom is 0.143 e. The van der Waals surface area contributed by atoms with Gasteiger partial charge in [0.2, 0.25) is 0 Å². The Kier molecular flexibility index (Phi) is 4.32. The molecule has 0 bridgehead atoms. The van der Waals surface area contributed by atoms with Crippen LogP contribution in [0.1, 0.15) is 5.56 Å². The highest BCUT2D eigenvalue weighted by Gasteiger charge is 2.06. The maximum atomic E-state index is 5.82. The van der Waals surface area contributed by atoms with Crippen LogP contribution in [-0.4, -0.2) is 14.2 Å². The molecule has 100 valence electrons. The number of nitrogens with two attached hydrogens (primary N) is 1. The van der Waals surface area contributed by atoms with Gasteiger partial charge in [-0.15, -0.1) is 0 Å². The fourth-order valence-electron chi connectivity index (χ4n) is 1.89. The van der Waals surface area contributed by atoms with Gasteiger partial charge in [0.15, 0.2) is 0 Å². The third-order valence-electron chi connectivity index (χ3n) is 2.99. The molecular formula is C15H17BrN2O. The molecule has 0 unspecified atom stereocenters. The summed E-state index contributed by atoms with van der Waals surface area (Å²) in [6.07, 6.45) is 0. The first-order valence-corrected chi connectivity index (χ1v) is 6.78. The van der Waals surface area contributed by atoms with E-state index in [9.17, 15) is 0 Å². The van der Waals surface area contributed by atoms with Crippen LogP contribution in [0.4, 0.5) is 11.4 Å². The van der Waals surface area contributed by atoms with Gasteiger partial charge in [-0.3, -0.25) is 0 Å². The minimum Gasteiger partial charge on any atom is -0.495 e. The van der Waals surface area contributed by atoms with Gasteiger partial charge in [0, 0.05) is 29.8 Å².